The second-order valence-electron chi connectivity index (χ2n) is 5.44. The molecule has 0 amide bonds. The Balaban J connectivity index is 2.52. The number of carbonyl (C=O) groups is 1. The summed E-state index contributed by atoms with van der Waals surface area (Å²) in [5.74, 6) is -0.823. The van der Waals surface area contributed by atoms with Crippen LogP contribution in [0.3, 0.4) is 0 Å². The van der Waals surface area contributed by atoms with E-state index in [0.717, 1.165) is 32.1 Å². The summed E-state index contributed by atoms with van der Waals surface area (Å²) < 4.78 is 26.4. The van der Waals surface area contributed by atoms with Gasteiger partial charge < -0.3 is 5.11 Å². The van der Waals surface area contributed by atoms with Crippen molar-refractivity contribution in [1.82, 2.24) is 4.72 Å². The van der Waals surface area contributed by atoms with Crippen LogP contribution < -0.4 is 4.72 Å². The number of sulfonamides is 1. The van der Waals surface area contributed by atoms with Crippen LogP contribution in [0.1, 0.15) is 58.3 Å². The summed E-state index contributed by atoms with van der Waals surface area (Å²) in [5.41, 5.74) is 0. The van der Waals surface area contributed by atoms with Crippen molar-refractivity contribution < 1.29 is 18.3 Å². The third kappa shape index (κ3) is 6.38. The molecule has 0 radical (unpaired) electrons. The first-order valence-corrected chi connectivity index (χ1v) is 8.82. The van der Waals surface area contributed by atoms with Gasteiger partial charge in [-0.3, -0.25) is 4.79 Å². The summed E-state index contributed by atoms with van der Waals surface area (Å²) in [4.78, 5) is 11.0. The number of rotatable bonds is 8. The summed E-state index contributed by atoms with van der Waals surface area (Å²) in [6, 6.07) is -0.978. The predicted molar refractivity (Wildman–Crippen MR) is 74.4 cm³/mol. The molecular weight excluding hydrogens is 266 g/mol. The van der Waals surface area contributed by atoms with Gasteiger partial charge in [-0.05, 0) is 25.2 Å². The van der Waals surface area contributed by atoms with Gasteiger partial charge in [0.2, 0.25) is 10.0 Å². The van der Waals surface area contributed by atoms with E-state index >= 15 is 0 Å². The normalized spacial score (nSPS) is 19.2. The lowest BCUT2D eigenvalue weighted by Gasteiger charge is -2.22. The van der Waals surface area contributed by atoms with Crippen LogP contribution in [0.2, 0.25) is 0 Å². The molecule has 1 rings (SSSR count). The first-order chi connectivity index (χ1) is 8.94. The van der Waals surface area contributed by atoms with Gasteiger partial charge in [0.25, 0.3) is 0 Å². The highest BCUT2D eigenvalue weighted by Crippen LogP contribution is 2.24. The molecule has 0 heterocycles. The molecule has 2 N–H and O–H groups in total. The Bertz CT molecular complexity index is 374. The number of nitrogens with one attached hydrogen (secondary N) is 1. The number of hydrogen-bond acceptors (Lipinski definition) is 3. The molecule has 6 heteroatoms. The van der Waals surface area contributed by atoms with Crippen molar-refractivity contribution in [3.8, 4) is 0 Å². The number of aliphatic carboxylic acids is 1. The molecule has 0 aromatic heterocycles. The largest absolute Gasteiger partial charge is 0.480 e. The average Bonchev–Trinajstić information content (AvgIpc) is 2.34. The number of unbranched alkanes of at least 4 members (excludes halogenated alkanes) is 1. The lowest BCUT2D eigenvalue weighted by molar-refractivity contribution is -0.139. The van der Waals surface area contributed by atoms with Gasteiger partial charge in [0.05, 0.1) is 5.75 Å². The van der Waals surface area contributed by atoms with Gasteiger partial charge >= 0.3 is 5.97 Å². The van der Waals surface area contributed by atoms with Gasteiger partial charge in [0.1, 0.15) is 6.04 Å². The number of hydrogen-bond donors (Lipinski definition) is 2. The van der Waals surface area contributed by atoms with Crippen LogP contribution in [0.4, 0.5) is 0 Å². The monoisotopic (exact) mass is 291 g/mol. The summed E-state index contributed by atoms with van der Waals surface area (Å²) in [5, 5.41) is 9.04. The zero-order valence-corrected chi connectivity index (χ0v) is 12.4. The topological polar surface area (TPSA) is 83.5 Å². The SMILES string of the molecule is CCCC[C@H](NS(=O)(=O)CC1CCCCC1)C(=O)O. The van der Waals surface area contributed by atoms with Gasteiger partial charge in [0, 0.05) is 0 Å². The highest BCUT2D eigenvalue weighted by molar-refractivity contribution is 7.89. The van der Waals surface area contributed by atoms with Crippen molar-refractivity contribution in [3.63, 3.8) is 0 Å². The van der Waals surface area contributed by atoms with E-state index in [4.69, 9.17) is 5.11 Å². The van der Waals surface area contributed by atoms with Crippen molar-refractivity contribution >= 4 is 16.0 Å². The Morgan fingerprint density at radius 3 is 2.47 bits per heavy atom. The van der Waals surface area contributed by atoms with Crippen LogP contribution in [-0.4, -0.2) is 31.3 Å². The van der Waals surface area contributed by atoms with Crippen LogP contribution in [0.5, 0.6) is 0 Å². The maximum Gasteiger partial charge on any atom is 0.321 e. The summed E-state index contributed by atoms with van der Waals surface area (Å²) in [6.07, 6.45) is 7.14. The van der Waals surface area contributed by atoms with E-state index in [1.807, 2.05) is 6.92 Å². The van der Waals surface area contributed by atoms with Gasteiger partial charge in [-0.1, -0.05) is 39.0 Å². The van der Waals surface area contributed by atoms with E-state index in [-0.39, 0.29) is 11.7 Å². The van der Waals surface area contributed by atoms with E-state index < -0.39 is 22.0 Å². The molecule has 1 aliphatic carbocycles. The third-order valence-corrected chi connectivity index (χ3v) is 5.20. The maximum absolute atomic E-state index is 12.0. The minimum atomic E-state index is -3.49. The molecule has 0 aliphatic heterocycles. The molecule has 1 aliphatic rings. The molecule has 1 saturated carbocycles. The van der Waals surface area contributed by atoms with Crippen LogP contribution >= 0.6 is 0 Å². The second-order valence-corrected chi connectivity index (χ2v) is 7.23. The molecule has 0 bridgehead atoms. The standard InChI is InChI=1S/C13H25NO4S/c1-2-3-9-12(13(15)16)14-19(17,18)10-11-7-5-4-6-8-11/h11-12,14H,2-10H2,1H3,(H,15,16)/t12-/m0/s1. The summed E-state index contributed by atoms with van der Waals surface area (Å²) in [6.45, 7) is 1.95. The minimum absolute atomic E-state index is 0.0723. The van der Waals surface area contributed by atoms with E-state index in [9.17, 15) is 13.2 Å². The fourth-order valence-electron chi connectivity index (χ4n) is 2.57. The van der Waals surface area contributed by atoms with Gasteiger partial charge in [-0.25, -0.2) is 13.1 Å². The quantitative estimate of drug-likeness (QED) is 0.717. The Labute approximate surface area is 115 Å². The molecule has 19 heavy (non-hydrogen) atoms. The van der Waals surface area contributed by atoms with Crippen molar-refractivity contribution in [1.29, 1.82) is 0 Å². The fourth-order valence-corrected chi connectivity index (χ4v) is 4.27. The van der Waals surface area contributed by atoms with E-state index in [2.05, 4.69) is 4.72 Å². The smallest absolute Gasteiger partial charge is 0.321 e. The summed E-state index contributed by atoms with van der Waals surface area (Å²) in [7, 11) is -3.49. The third-order valence-electron chi connectivity index (χ3n) is 3.65. The molecule has 112 valence electrons. The Hall–Kier alpha value is -0.620. The molecule has 0 unspecified atom stereocenters. The molecule has 0 aromatic carbocycles. The average molecular weight is 291 g/mol. The maximum atomic E-state index is 12.0. The molecule has 0 spiro atoms. The van der Waals surface area contributed by atoms with E-state index in [1.54, 1.807) is 0 Å². The van der Waals surface area contributed by atoms with Crippen LogP contribution in [0.25, 0.3) is 0 Å². The van der Waals surface area contributed by atoms with E-state index in [0.29, 0.717) is 12.8 Å². The van der Waals surface area contributed by atoms with Crippen LogP contribution in [0, 0.1) is 5.92 Å². The molecule has 1 fully saturated rings. The molecule has 0 aromatic rings. The highest BCUT2D eigenvalue weighted by atomic mass is 32.2. The van der Waals surface area contributed by atoms with Gasteiger partial charge in [-0.2, -0.15) is 0 Å². The highest BCUT2D eigenvalue weighted by Gasteiger charge is 2.26. The lowest BCUT2D eigenvalue weighted by Crippen LogP contribution is -2.43. The number of carboxylic acids is 1. The molecule has 1 atom stereocenters. The van der Waals surface area contributed by atoms with Crippen molar-refractivity contribution in [2.45, 2.75) is 64.3 Å². The van der Waals surface area contributed by atoms with Gasteiger partial charge in [-0.15, -0.1) is 0 Å². The Kier molecular flexibility index (Phi) is 6.79. The zero-order valence-electron chi connectivity index (χ0n) is 11.6. The van der Waals surface area contributed by atoms with Gasteiger partial charge in [0.15, 0.2) is 0 Å². The molecule has 5 nitrogen and oxygen atoms in total. The second kappa shape index (κ2) is 7.85. The van der Waals surface area contributed by atoms with E-state index in [1.165, 1.54) is 6.42 Å². The first kappa shape index (κ1) is 16.4. The Morgan fingerprint density at radius 1 is 1.32 bits per heavy atom. The lowest BCUT2D eigenvalue weighted by atomic mass is 9.91. The van der Waals surface area contributed by atoms with Crippen LogP contribution in [-0.2, 0) is 14.8 Å². The van der Waals surface area contributed by atoms with Crippen molar-refractivity contribution in [3.05, 3.63) is 0 Å². The Morgan fingerprint density at radius 2 is 1.95 bits per heavy atom. The van der Waals surface area contributed by atoms with Crippen molar-refractivity contribution in [2.24, 2.45) is 5.92 Å². The molecule has 0 saturated heterocycles. The number of carboxylic acid groups (broad SMARTS) is 1. The minimum Gasteiger partial charge on any atom is -0.480 e. The fraction of sp³-hybridized carbons (Fsp3) is 0.923. The summed E-state index contributed by atoms with van der Waals surface area (Å²) >= 11 is 0. The van der Waals surface area contributed by atoms with Crippen molar-refractivity contribution in [2.75, 3.05) is 5.75 Å². The first-order valence-electron chi connectivity index (χ1n) is 7.17. The predicted octanol–water partition coefficient (Wildman–Crippen LogP) is 2.13. The molecular formula is C13H25NO4S. The zero-order chi connectivity index (χ0) is 14.3. The van der Waals surface area contributed by atoms with Crippen LogP contribution in [0.15, 0.2) is 0 Å².